The number of thiophene rings is 1. The van der Waals surface area contributed by atoms with Crippen LogP contribution in [0.2, 0.25) is 0 Å². The third kappa shape index (κ3) is 3.11. The van der Waals surface area contributed by atoms with Crippen molar-refractivity contribution in [2.75, 3.05) is 5.75 Å². The first-order valence-electron chi connectivity index (χ1n) is 6.54. The van der Waals surface area contributed by atoms with E-state index >= 15 is 0 Å². The van der Waals surface area contributed by atoms with Gasteiger partial charge in [-0.25, -0.2) is 4.39 Å². The van der Waals surface area contributed by atoms with Gasteiger partial charge in [-0.3, -0.25) is 0 Å². The molecule has 20 heavy (non-hydrogen) atoms. The molecule has 0 saturated heterocycles. The SMILES string of the molecule is Cc1sc(CNC2CCSc3ccc(F)cc32)cc1Br. The van der Waals surface area contributed by atoms with Crippen molar-refractivity contribution >= 4 is 39.0 Å². The van der Waals surface area contributed by atoms with Crippen molar-refractivity contribution < 1.29 is 4.39 Å². The normalized spacial score (nSPS) is 18.1. The van der Waals surface area contributed by atoms with Crippen molar-refractivity contribution in [1.29, 1.82) is 0 Å². The smallest absolute Gasteiger partial charge is 0.123 e. The molecule has 0 bridgehead atoms. The molecule has 2 heterocycles. The van der Waals surface area contributed by atoms with E-state index in [0.717, 1.165) is 24.3 Å². The molecule has 1 aromatic heterocycles. The van der Waals surface area contributed by atoms with Crippen LogP contribution in [0.3, 0.4) is 0 Å². The van der Waals surface area contributed by atoms with Gasteiger partial charge in [0.2, 0.25) is 0 Å². The predicted octanol–water partition coefficient (Wildman–Crippen LogP) is 5.28. The molecule has 3 rings (SSSR count). The molecule has 106 valence electrons. The van der Waals surface area contributed by atoms with Crippen LogP contribution >= 0.6 is 39.0 Å². The summed E-state index contributed by atoms with van der Waals surface area (Å²) < 4.78 is 14.6. The molecular formula is C15H15BrFNS2. The highest BCUT2D eigenvalue weighted by molar-refractivity contribution is 9.10. The third-order valence-corrected chi connectivity index (χ3v) is 6.70. The highest BCUT2D eigenvalue weighted by Gasteiger charge is 2.21. The molecule has 1 atom stereocenters. The molecule has 1 N–H and O–H groups in total. The molecule has 0 amide bonds. The van der Waals surface area contributed by atoms with E-state index < -0.39 is 0 Å². The van der Waals surface area contributed by atoms with Crippen LogP contribution in [0.1, 0.15) is 27.8 Å². The lowest BCUT2D eigenvalue weighted by Crippen LogP contribution is -2.24. The highest BCUT2D eigenvalue weighted by Crippen LogP contribution is 2.37. The van der Waals surface area contributed by atoms with Gasteiger partial charge in [-0.2, -0.15) is 0 Å². The zero-order valence-corrected chi connectivity index (χ0v) is 14.3. The van der Waals surface area contributed by atoms with E-state index in [1.54, 1.807) is 23.5 Å². The molecule has 1 unspecified atom stereocenters. The molecule has 1 aliphatic rings. The fourth-order valence-corrected chi connectivity index (χ4v) is 5.06. The number of hydrogen-bond acceptors (Lipinski definition) is 3. The summed E-state index contributed by atoms with van der Waals surface area (Å²) in [4.78, 5) is 3.82. The van der Waals surface area contributed by atoms with Gasteiger partial charge < -0.3 is 5.32 Å². The Morgan fingerprint density at radius 1 is 1.40 bits per heavy atom. The Labute approximate surface area is 135 Å². The van der Waals surface area contributed by atoms with Crippen LogP contribution in [0.15, 0.2) is 33.6 Å². The molecule has 2 aromatic rings. The van der Waals surface area contributed by atoms with E-state index in [4.69, 9.17) is 0 Å². The van der Waals surface area contributed by atoms with Gasteiger partial charge in [0.25, 0.3) is 0 Å². The van der Waals surface area contributed by atoms with Crippen LogP contribution < -0.4 is 5.32 Å². The van der Waals surface area contributed by atoms with E-state index in [-0.39, 0.29) is 11.9 Å². The van der Waals surface area contributed by atoms with Gasteiger partial charge in [0.1, 0.15) is 5.82 Å². The molecule has 0 aliphatic carbocycles. The zero-order chi connectivity index (χ0) is 14.1. The first kappa shape index (κ1) is 14.6. The van der Waals surface area contributed by atoms with Crippen LogP contribution in [0.5, 0.6) is 0 Å². The van der Waals surface area contributed by atoms with Crippen molar-refractivity contribution in [3.05, 3.63) is 49.9 Å². The minimum Gasteiger partial charge on any atom is -0.305 e. The number of nitrogens with one attached hydrogen (secondary N) is 1. The number of aryl methyl sites for hydroxylation is 1. The molecule has 0 radical (unpaired) electrons. The van der Waals surface area contributed by atoms with Gasteiger partial charge >= 0.3 is 0 Å². The summed E-state index contributed by atoms with van der Waals surface area (Å²) in [5.74, 6) is 0.941. The molecule has 1 aliphatic heterocycles. The third-order valence-electron chi connectivity index (χ3n) is 3.44. The Bertz CT molecular complexity index is 607. The van der Waals surface area contributed by atoms with Gasteiger partial charge in [0, 0.05) is 31.7 Å². The minimum atomic E-state index is -0.146. The van der Waals surface area contributed by atoms with Crippen molar-refractivity contribution in [2.24, 2.45) is 0 Å². The Morgan fingerprint density at radius 2 is 2.25 bits per heavy atom. The minimum absolute atomic E-state index is 0.146. The van der Waals surface area contributed by atoms with Gasteiger partial charge in [-0.05, 0) is 64.9 Å². The average molecular weight is 372 g/mol. The number of rotatable bonds is 3. The summed E-state index contributed by atoms with van der Waals surface area (Å²) in [5, 5.41) is 3.57. The predicted molar refractivity (Wildman–Crippen MR) is 88.1 cm³/mol. The Morgan fingerprint density at radius 3 is 3.00 bits per heavy atom. The zero-order valence-electron chi connectivity index (χ0n) is 11.1. The Kier molecular flexibility index (Phi) is 4.50. The quantitative estimate of drug-likeness (QED) is 0.786. The molecular weight excluding hydrogens is 357 g/mol. The van der Waals surface area contributed by atoms with Gasteiger partial charge in [0.15, 0.2) is 0 Å². The largest absolute Gasteiger partial charge is 0.305 e. The fourth-order valence-electron chi connectivity index (χ4n) is 2.41. The van der Waals surface area contributed by atoms with Gasteiger partial charge in [0.05, 0.1) is 0 Å². The van der Waals surface area contributed by atoms with Crippen LogP contribution in [-0.2, 0) is 6.54 Å². The lowest BCUT2D eigenvalue weighted by Gasteiger charge is -2.26. The number of hydrogen-bond donors (Lipinski definition) is 1. The van der Waals surface area contributed by atoms with E-state index in [0.29, 0.717) is 0 Å². The second kappa shape index (κ2) is 6.18. The highest BCUT2D eigenvalue weighted by atomic mass is 79.9. The molecule has 1 nitrogen and oxygen atoms in total. The number of benzene rings is 1. The molecule has 1 aromatic carbocycles. The molecule has 0 fully saturated rings. The summed E-state index contributed by atoms with van der Waals surface area (Å²) in [6.07, 6.45) is 1.05. The second-order valence-electron chi connectivity index (χ2n) is 4.87. The van der Waals surface area contributed by atoms with Gasteiger partial charge in [-0.15, -0.1) is 23.1 Å². The second-order valence-corrected chi connectivity index (χ2v) is 8.20. The Hall–Kier alpha value is -0.360. The maximum atomic E-state index is 13.4. The fraction of sp³-hybridized carbons (Fsp3) is 0.333. The van der Waals surface area contributed by atoms with E-state index in [9.17, 15) is 4.39 Å². The average Bonchev–Trinajstić information content (AvgIpc) is 2.75. The van der Waals surface area contributed by atoms with Crippen LogP contribution in [0.4, 0.5) is 4.39 Å². The molecule has 5 heteroatoms. The van der Waals surface area contributed by atoms with Gasteiger partial charge in [-0.1, -0.05) is 0 Å². The van der Waals surface area contributed by atoms with Crippen LogP contribution in [-0.4, -0.2) is 5.75 Å². The van der Waals surface area contributed by atoms with Crippen molar-refractivity contribution in [1.82, 2.24) is 5.32 Å². The lowest BCUT2D eigenvalue weighted by molar-refractivity contribution is 0.507. The van der Waals surface area contributed by atoms with E-state index in [2.05, 4.69) is 34.2 Å². The van der Waals surface area contributed by atoms with E-state index in [1.165, 1.54) is 19.1 Å². The summed E-state index contributed by atoms with van der Waals surface area (Å²) in [6, 6.07) is 7.54. The summed E-state index contributed by atoms with van der Waals surface area (Å²) in [7, 11) is 0. The van der Waals surface area contributed by atoms with Crippen LogP contribution in [0, 0.1) is 12.7 Å². The summed E-state index contributed by atoms with van der Waals surface area (Å²) in [5.41, 5.74) is 1.11. The maximum absolute atomic E-state index is 13.4. The van der Waals surface area contributed by atoms with Crippen molar-refractivity contribution in [2.45, 2.75) is 30.8 Å². The van der Waals surface area contributed by atoms with Crippen LogP contribution in [0.25, 0.3) is 0 Å². The van der Waals surface area contributed by atoms with Crippen molar-refractivity contribution in [3.63, 3.8) is 0 Å². The van der Waals surface area contributed by atoms with Crippen molar-refractivity contribution in [3.8, 4) is 0 Å². The Balaban J connectivity index is 1.74. The van der Waals surface area contributed by atoms with E-state index in [1.807, 2.05) is 17.8 Å². The number of thioether (sulfide) groups is 1. The first-order chi connectivity index (χ1) is 9.63. The lowest BCUT2D eigenvalue weighted by atomic mass is 10.0. The first-order valence-corrected chi connectivity index (χ1v) is 9.13. The number of halogens is 2. The number of fused-ring (bicyclic) bond motifs is 1. The topological polar surface area (TPSA) is 12.0 Å². The molecule has 0 saturated carbocycles. The molecule has 0 spiro atoms. The maximum Gasteiger partial charge on any atom is 0.123 e. The summed E-state index contributed by atoms with van der Waals surface area (Å²) >= 11 is 7.16. The monoisotopic (exact) mass is 371 g/mol. The standard InChI is InChI=1S/C15H15BrFNS2/c1-9-13(16)7-11(20-9)8-18-14-4-5-19-15-3-2-10(17)6-12(14)15/h2-3,6-7,14,18H,4-5,8H2,1H3. The summed E-state index contributed by atoms with van der Waals surface area (Å²) in [6.45, 7) is 2.95.